The van der Waals surface area contributed by atoms with Gasteiger partial charge in [0.2, 0.25) is 0 Å². The lowest BCUT2D eigenvalue weighted by molar-refractivity contribution is 0.618. The molecule has 0 aliphatic rings. The standard InChI is InChI=1S/C13H22N2/c1-10(2)13-9-5-8-12(15-13)7-4-6-11(3)14/h5,8-11H,4,6-7,14H2,1-3H3/t11-/m0/s1. The van der Waals surface area contributed by atoms with Crippen LogP contribution in [0.3, 0.4) is 0 Å². The maximum Gasteiger partial charge on any atom is 0.0432 e. The van der Waals surface area contributed by atoms with E-state index < -0.39 is 0 Å². The van der Waals surface area contributed by atoms with Crippen molar-refractivity contribution in [1.82, 2.24) is 4.98 Å². The van der Waals surface area contributed by atoms with Crippen LogP contribution in [0.15, 0.2) is 18.2 Å². The molecular formula is C13H22N2. The van der Waals surface area contributed by atoms with E-state index in [1.807, 2.05) is 0 Å². The second-order valence-corrected chi connectivity index (χ2v) is 4.58. The molecule has 0 unspecified atom stereocenters. The molecule has 0 fully saturated rings. The molecule has 15 heavy (non-hydrogen) atoms. The van der Waals surface area contributed by atoms with Gasteiger partial charge in [0.05, 0.1) is 0 Å². The summed E-state index contributed by atoms with van der Waals surface area (Å²) < 4.78 is 0. The molecule has 2 heteroatoms. The molecule has 0 saturated heterocycles. The Bertz CT molecular complexity index is 292. The van der Waals surface area contributed by atoms with Crippen molar-refractivity contribution in [2.75, 3.05) is 0 Å². The second kappa shape index (κ2) is 5.86. The SMILES string of the molecule is CC(C)c1cccc(CCC[C@H](C)N)n1. The first kappa shape index (κ1) is 12.2. The number of nitrogens with zero attached hydrogens (tertiary/aromatic N) is 1. The van der Waals surface area contributed by atoms with E-state index in [2.05, 4.69) is 44.0 Å². The molecule has 1 aromatic rings. The molecule has 0 saturated carbocycles. The molecule has 0 spiro atoms. The second-order valence-electron chi connectivity index (χ2n) is 4.58. The quantitative estimate of drug-likeness (QED) is 0.804. The zero-order valence-corrected chi connectivity index (χ0v) is 10.0. The first-order chi connectivity index (χ1) is 7.09. The summed E-state index contributed by atoms with van der Waals surface area (Å²) >= 11 is 0. The molecule has 1 rings (SSSR count). The third kappa shape index (κ3) is 4.43. The van der Waals surface area contributed by atoms with Crippen LogP contribution in [0.1, 0.15) is 50.9 Å². The predicted octanol–water partition coefficient (Wildman–Crippen LogP) is 2.87. The minimum absolute atomic E-state index is 0.304. The Hall–Kier alpha value is -0.890. The van der Waals surface area contributed by atoms with Gasteiger partial charge in [-0.05, 0) is 44.2 Å². The molecular weight excluding hydrogens is 184 g/mol. The van der Waals surface area contributed by atoms with E-state index in [0.717, 1.165) is 19.3 Å². The molecule has 0 bridgehead atoms. The fourth-order valence-electron chi connectivity index (χ4n) is 1.56. The van der Waals surface area contributed by atoms with Crippen LogP contribution in [0.5, 0.6) is 0 Å². The fourth-order valence-corrected chi connectivity index (χ4v) is 1.56. The fraction of sp³-hybridized carbons (Fsp3) is 0.615. The summed E-state index contributed by atoms with van der Waals surface area (Å²) in [6.45, 7) is 6.40. The van der Waals surface area contributed by atoms with Gasteiger partial charge < -0.3 is 5.73 Å². The lowest BCUT2D eigenvalue weighted by Crippen LogP contribution is -2.14. The van der Waals surface area contributed by atoms with Crippen molar-refractivity contribution in [2.24, 2.45) is 5.73 Å². The van der Waals surface area contributed by atoms with E-state index in [1.165, 1.54) is 11.4 Å². The summed E-state index contributed by atoms with van der Waals surface area (Å²) in [6, 6.07) is 6.61. The van der Waals surface area contributed by atoms with Gasteiger partial charge in [-0.1, -0.05) is 19.9 Å². The van der Waals surface area contributed by atoms with Crippen molar-refractivity contribution in [3.8, 4) is 0 Å². The number of pyridine rings is 1. The summed E-state index contributed by atoms with van der Waals surface area (Å²) in [7, 11) is 0. The van der Waals surface area contributed by atoms with Gasteiger partial charge in [0.1, 0.15) is 0 Å². The Morgan fingerprint density at radius 3 is 2.60 bits per heavy atom. The zero-order chi connectivity index (χ0) is 11.3. The van der Waals surface area contributed by atoms with Gasteiger partial charge in [-0.3, -0.25) is 4.98 Å². The number of aryl methyl sites for hydroxylation is 1. The highest BCUT2D eigenvalue weighted by Gasteiger charge is 2.02. The van der Waals surface area contributed by atoms with Gasteiger partial charge in [-0.2, -0.15) is 0 Å². The summed E-state index contributed by atoms with van der Waals surface area (Å²) in [4.78, 5) is 4.63. The van der Waals surface area contributed by atoms with Crippen LogP contribution < -0.4 is 5.73 Å². The van der Waals surface area contributed by atoms with Crippen LogP contribution in [0, 0.1) is 0 Å². The smallest absolute Gasteiger partial charge is 0.0432 e. The Kier molecular flexibility index (Phi) is 4.76. The molecule has 0 aliphatic carbocycles. The van der Waals surface area contributed by atoms with Crippen LogP contribution in [0.2, 0.25) is 0 Å². The summed E-state index contributed by atoms with van der Waals surface area (Å²) in [5, 5.41) is 0. The molecule has 2 N–H and O–H groups in total. The Morgan fingerprint density at radius 2 is 2.00 bits per heavy atom. The maximum absolute atomic E-state index is 5.71. The summed E-state index contributed by atoms with van der Waals surface area (Å²) in [6.07, 6.45) is 3.25. The van der Waals surface area contributed by atoms with Crippen LogP contribution in [0.25, 0.3) is 0 Å². The maximum atomic E-state index is 5.71. The van der Waals surface area contributed by atoms with Crippen molar-refractivity contribution in [2.45, 2.75) is 52.0 Å². The van der Waals surface area contributed by atoms with E-state index in [-0.39, 0.29) is 0 Å². The van der Waals surface area contributed by atoms with Gasteiger partial charge in [0, 0.05) is 17.4 Å². The molecule has 0 aromatic carbocycles. The van der Waals surface area contributed by atoms with Gasteiger partial charge in [-0.15, -0.1) is 0 Å². The Balaban J connectivity index is 2.50. The van der Waals surface area contributed by atoms with Crippen molar-refractivity contribution in [1.29, 1.82) is 0 Å². The predicted molar refractivity (Wildman–Crippen MR) is 64.9 cm³/mol. The van der Waals surface area contributed by atoms with Crippen LogP contribution in [-0.2, 0) is 6.42 Å². The van der Waals surface area contributed by atoms with E-state index in [9.17, 15) is 0 Å². The minimum atomic E-state index is 0.304. The summed E-state index contributed by atoms with van der Waals surface area (Å²) in [5.74, 6) is 0.512. The Morgan fingerprint density at radius 1 is 1.27 bits per heavy atom. The molecule has 1 atom stereocenters. The lowest BCUT2D eigenvalue weighted by Gasteiger charge is -2.08. The first-order valence-corrected chi connectivity index (χ1v) is 5.81. The number of hydrogen-bond donors (Lipinski definition) is 1. The average Bonchev–Trinajstić information content (AvgIpc) is 2.17. The first-order valence-electron chi connectivity index (χ1n) is 5.81. The van der Waals surface area contributed by atoms with E-state index in [1.54, 1.807) is 0 Å². The summed E-state index contributed by atoms with van der Waals surface area (Å²) in [5.41, 5.74) is 8.10. The minimum Gasteiger partial charge on any atom is -0.328 e. The van der Waals surface area contributed by atoms with E-state index in [0.29, 0.717) is 12.0 Å². The van der Waals surface area contributed by atoms with Crippen LogP contribution in [0.4, 0.5) is 0 Å². The molecule has 1 heterocycles. The molecule has 2 nitrogen and oxygen atoms in total. The highest BCUT2D eigenvalue weighted by atomic mass is 14.7. The zero-order valence-electron chi connectivity index (χ0n) is 10.0. The Labute approximate surface area is 92.9 Å². The van der Waals surface area contributed by atoms with Gasteiger partial charge in [-0.25, -0.2) is 0 Å². The highest BCUT2D eigenvalue weighted by molar-refractivity contribution is 5.13. The monoisotopic (exact) mass is 206 g/mol. The topological polar surface area (TPSA) is 38.9 Å². The molecule has 0 aliphatic heterocycles. The van der Waals surface area contributed by atoms with Gasteiger partial charge in [0.25, 0.3) is 0 Å². The third-order valence-electron chi connectivity index (χ3n) is 2.51. The van der Waals surface area contributed by atoms with E-state index >= 15 is 0 Å². The average molecular weight is 206 g/mol. The number of nitrogens with two attached hydrogens (primary N) is 1. The molecule has 1 aromatic heterocycles. The van der Waals surface area contributed by atoms with Gasteiger partial charge >= 0.3 is 0 Å². The van der Waals surface area contributed by atoms with Crippen LogP contribution >= 0.6 is 0 Å². The molecule has 84 valence electrons. The highest BCUT2D eigenvalue weighted by Crippen LogP contribution is 2.12. The van der Waals surface area contributed by atoms with Crippen molar-refractivity contribution in [3.63, 3.8) is 0 Å². The van der Waals surface area contributed by atoms with E-state index in [4.69, 9.17) is 5.73 Å². The number of rotatable bonds is 5. The van der Waals surface area contributed by atoms with Crippen molar-refractivity contribution in [3.05, 3.63) is 29.6 Å². The van der Waals surface area contributed by atoms with Crippen LogP contribution in [-0.4, -0.2) is 11.0 Å². The molecule has 0 amide bonds. The molecule has 0 radical (unpaired) electrons. The van der Waals surface area contributed by atoms with Gasteiger partial charge in [0.15, 0.2) is 0 Å². The third-order valence-corrected chi connectivity index (χ3v) is 2.51. The number of hydrogen-bond acceptors (Lipinski definition) is 2. The number of aromatic nitrogens is 1. The van der Waals surface area contributed by atoms with Crippen molar-refractivity contribution >= 4 is 0 Å². The largest absolute Gasteiger partial charge is 0.328 e. The normalized spacial score (nSPS) is 13.1. The lowest BCUT2D eigenvalue weighted by atomic mass is 10.1. The van der Waals surface area contributed by atoms with Crippen molar-refractivity contribution < 1.29 is 0 Å².